The van der Waals surface area contributed by atoms with Crippen LogP contribution in [0.1, 0.15) is 12.8 Å². The van der Waals surface area contributed by atoms with Crippen LogP contribution < -0.4 is 10.1 Å². The van der Waals surface area contributed by atoms with Gasteiger partial charge in [-0.25, -0.2) is 4.79 Å². The van der Waals surface area contributed by atoms with Gasteiger partial charge in [-0.2, -0.15) is 0 Å². The lowest BCUT2D eigenvalue weighted by molar-refractivity contribution is -0.000878. The van der Waals surface area contributed by atoms with Crippen molar-refractivity contribution in [2.45, 2.75) is 18.9 Å². The summed E-state index contributed by atoms with van der Waals surface area (Å²) >= 11 is 0. The summed E-state index contributed by atoms with van der Waals surface area (Å²) in [6.07, 6.45) is 1.71. The van der Waals surface area contributed by atoms with Gasteiger partial charge in [0.2, 0.25) is 0 Å². The molecule has 1 aromatic carbocycles. The van der Waals surface area contributed by atoms with Crippen molar-refractivity contribution in [3.8, 4) is 5.75 Å². The number of nitrogens with one attached hydrogen (secondary N) is 1. The van der Waals surface area contributed by atoms with E-state index in [0.29, 0.717) is 31.1 Å². The molecule has 0 saturated carbocycles. The number of rotatable bonds is 5. The molecule has 1 heterocycles. The molecule has 6 heteroatoms. The zero-order valence-corrected chi connectivity index (χ0v) is 12.2. The predicted molar refractivity (Wildman–Crippen MR) is 79.6 cm³/mol. The van der Waals surface area contributed by atoms with Gasteiger partial charge in [0, 0.05) is 13.1 Å². The van der Waals surface area contributed by atoms with Crippen LogP contribution in [0.25, 0.3) is 0 Å². The van der Waals surface area contributed by atoms with E-state index in [2.05, 4.69) is 5.32 Å². The van der Waals surface area contributed by atoms with Crippen LogP contribution in [0.5, 0.6) is 5.75 Å². The summed E-state index contributed by atoms with van der Waals surface area (Å²) in [5.74, 6) is 0.645. The fraction of sp³-hybridized carbons (Fsp3) is 0.533. The van der Waals surface area contributed by atoms with Crippen molar-refractivity contribution in [2.75, 3.05) is 38.7 Å². The molecule has 0 spiro atoms. The fourth-order valence-corrected chi connectivity index (χ4v) is 2.39. The molecule has 0 aromatic heterocycles. The number of urea groups is 1. The van der Waals surface area contributed by atoms with E-state index in [1.165, 1.54) is 0 Å². The topological polar surface area (TPSA) is 71.0 Å². The number of ether oxygens (including phenoxy) is 2. The number of aliphatic hydroxyl groups is 1. The summed E-state index contributed by atoms with van der Waals surface area (Å²) in [6, 6.07) is 7.21. The average molecular weight is 294 g/mol. The maximum atomic E-state index is 12.2. The molecule has 0 unspecified atom stereocenters. The largest absolute Gasteiger partial charge is 0.495 e. The van der Waals surface area contributed by atoms with E-state index in [0.717, 1.165) is 12.8 Å². The van der Waals surface area contributed by atoms with Crippen molar-refractivity contribution in [3.05, 3.63) is 24.3 Å². The van der Waals surface area contributed by atoms with Crippen molar-refractivity contribution in [2.24, 2.45) is 0 Å². The van der Waals surface area contributed by atoms with Crippen LogP contribution >= 0.6 is 0 Å². The lowest BCUT2D eigenvalue weighted by Gasteiger charge is -2.32. The third kappa shape index (κ3) is 4.34. The molecule has 21 heavy (non-hydrogen) atoms. The van der Waals surface area contributed by atoms with E-state index in [-0.39, 0.29) is 18.7 Å². The minimum absolute atomic E-state index is 0.0362. The first-order valence-corrected chi connectivity index (χ1v) is 7.16. The third-order valence-electron chi connectivity index (χ3n) is 3.52. The Labute approximate surface area is 124 Å². The second-order valence-electron chi connectivity index (χ2n) is 4.91. The Kier molecular flexibility index (Phi) is 5.83. The quantitative estimate of drug-likeness (QED) is 0.867. The van der Waals surface area contributed by atoms with Gasteiger partial charge < -0.3 is 24.8 Å². The van der Waals surface area contributed by atoms with Gasteiger partial charge in [0.1, 0.15) is 5.75 Å². The number of carbonyl (C=O) groups excluding carboxylic acids is 1. The molecular formula is C15H22N2O4. The number of amides is 2. The van der Waals surface area contributed by atoms with Gasteiger partial charge in [0.05, 0.1) is 32.1 Å². The Balaban J connectivity index is 1.85. The molecule has 6 nitrogen and oxygen atoms in total. The van der Waals surface area contributed by atoms with Crippen LogP contribution in [0.4, 0.5) is 10.5 Å². The van der Waals surface area contributed by atoms with E-state index >= 15 is 0 Å². The van der Waals surface area contributed by atoms with Gasteiger partial charge in [0.15, 0.2) is 0 Å². The fourth-order valence-electron chi connectivity index (χ4n) is 2.39. The minimum atomic E-state index is -0.125. The van der Waals surface area contributed by atoms with Crippen molar-refractivity contribution < 1.29 is 19.4 Å². The number of nitrogens with zero attached hydrogens (tertiary/aromatic N) is 1. The third-order valence-corrected chi connectivity index (χ3v) is 3.52. The summed E-state index contributed by atoms with van der Waals surface area (Å²) < 4.78 is 10.7. The van der Waals surface area contributed by atoms with Crippen molar-refractivity contribution in [1.29, 1.82) is 0 Å². The normalized spacial score (nSPS) is 15.8. The molecule has 1 aromatic rings. The van der Waals surface area contributed by atoms with E-state index in [1.54, 1.807) is 12.0 Å². The number of aliphatic hydroxyl groups excluding tert-OH is 1. The van der Waals surface area contributed by atoms with Gasteiger partial charge >= 0.3 is 6.03 Å². The first-order chi connectivity index (χ1) is 10.2. The SMILES string of the molecule is COc1ccccc1NC(=O)N1CCC(OCCO)CC1. The Bertz CT molecular complexity index is 459. The van der Waals surface area contributed by atoms with Crippen LogP contribution in [-0.4, -0.2) is 55.6 Å². The Morgan fingerprint density at radius 2 is 2.10 bits per heavy atom. The van der Waals surface area contributed by atoms with Gasteiger partial charge in [-0.15, -0.1) is 0 Å². The highest BCUT2D eigenvalue weighted by Gasteiger charge is 2.23. The molecule has 116 valence electrons. The van der Waals surface area contributed by atoms with E-state index in [1.807, 2.05) is 24.3 Å². The summed E-state index contributed by atoms with van der Waals surface area (Å²) in [6.45, 7) is 1.70. The zero-order valence-electron chi connectivity index (χ0n) is 12.2. The summed E-state index contributed by atoms with van der Waals surface area (Å²) in [5, 5.41) is 11.6. The minimum Gasteiger partial charge on any atom is -0.495 e. The number of para-hydroxylation sites is 2. The Hall–Kier alpha value is -1.79. The molecule has 0 bridgehead atoms. The number of piperidine rings is 1. The molecule has 2 rings (SSSR count). The number of likely N-dealkylation sites (tertiary alicyclic amines) is 1. The molecule has 0 aliphatic carbocycles. The van der Waals surface area contributed by atoms with Gasteiger partial charge in [-0.1, -0.05) is 12.1 Å². The van der Waals surface area contributed by atoms with Crippen LogP contribution in [0.2, 0.25) is 0 Å². The highest BCUT2D eigenvalue weighted by atomic mass is 16.5. The van der Waals surface area contributed by atoms with Crippen LogP contribution in [0.3, 0.4) is 0 Å². The highest BCUT2D eigenvalue weighted by molar-refractivity contribution is 5.91. The second kappa shape index (κ2) is 7.85. The van der Waals surface area contributed by atoms with Crippen molar-refractivity contribution in [1.82, 2.24) is 4.90 Å². The number of hydrogen-bond acceptors (Lipinski definition) is 4. The lowest BCUT2D eigenvalue weighted by Crippen LogP contribution is -2.43. The second-order valence-corrected chi connectivity index (χ2v) is 4.91. The van der Waals surface area contributed by atoms with E-state index in [9.17, 15) is 4.79 Å². The zero-order chi connectivity index (χ0) is 15.1. The summed E-state index contributed by atoms with van der Waals surface area (Å²) in [5.41, 5.74) is 0.670. The number of benzene rings is 1. The lowest BCUT2D eigenvalue weighted by atomic mass is 10.1. The van der Waals surface area contributed by atoms with Gasteiger partial charge in [-0.3, -0.25) is 0 Å². The first kappa shape index (κ1) is 15.6. The molecule has 0 atom stereocenters. The van der Waals surface area contributed by atoms with Crippen LogP contribution in [-0.2, 0) is 4.74 Å². The Morgan fingerprint density at radius 1 is 1.38 bits per heavy atom. The highest BCUT2D eigenvalue weighted by Crippen LogP contribution is 2.24. The van der Waals surface area contributed by atoms with Crippen molar-refractivity contribution in [3.63, 3.8) is 0 Å². The van der Waals surface area contributed by atoms with E-state index in [4.69, 9.17) is 14.6 Å². The van der Waals surface area contributed by atoms with Crippen LogP contribution in [0, 0.1) is 0 Å². The number of carbonyl (C=O) groups is 1. The standard InChI is InChI=1S/C15H22N2O4/c1-20-14-5-3-2-4-13(14)16-15(19)17-8-6-12(7-9-17)21-11-10-18/h2-5,12,18H,6-11H2,1H3,(H,16,19). The molecule has 1 aliphatic heterocycles. The number of methoxy groups -OCH3 is 1. The maximum Gasteiger partial charge on any atom is 0.321 e. The molecule has 2 amide bonds. The van der Waals surface area contributed by atoms with Gasteiger partial charge in [0.25, 0.3) is 0 Å². The summed E-state index contributed by atoms with van der Waals surface area (Å²) in [7, 11) is 1.58. The monoisotopic (exact) mass is 294 g/mol. The Morgan fingerprint density at radius 3 is 2.76 bits per heavy atom. The smallest absolute Gasteiger partial charge is 0.321 e. The first-order valence-electron chi connectivity index (χ1n) is 7.16. The van der Waals surface area contributed by atoms with Crippen molar-refractivity contribution >= 4 is 11.7 Å². The summed E-state index contributed by atoms with van der Waals surface area (Å²) in [4.78, 5) is 14.0. The van der Waals surface area contributed by atoms with Crippen LogP contribution in [0.15, 0.2) is 24.3 Å². The molecular weight excluding hydrogens is 272 g/mol. The molecule has 2 N–H and O–H groups in total. The number of anilines is 1. The molecule has 1 saturated heterocycles. The predicted octanol–water partition coefficient (Wildman–Crippen LogP) is 1.70. The molecule has 0 radical (unpaired) electrons. The van der Waals surface area contributed by atoms with Gasteiger partial charge in [-0.05, 0) is 25.0 Å². The molecule has 1 aliphatic rings. The molecule has 1 fully saturated rings. The average Bonchev–Trinajstić information content (AvgIpc) is 2.54. The maximum absolute atomic E-state index is 12.2. The van der Waals surface area contributed by atoms with E-state index < -0.39 is 0 Å². The number of hydrogen-bond donors (Lipinski definition) is 2.